The zero-order valence-corrected chi connectivity index (χ0v) is 11.9. The lowest BCUT2D eigenvalue weighted by atomic mass is 9.93. The maximum absolute atomic E-state index is 12.7. The largest absolute Gasteiger partial charge is 0.357 e. The predicted molar refractivity (Wildman–Crippen MR) is 86.6 cm³/mol. The van der Waals surface area contributed by atoms with Gasteiger partial charge in [-0.2, -0.15) is 0 Å². The number of pyridine rings is 1. The van der Waals surface area contributed by atoms with Gasteiger partial charge in [-0.15, -0.1) is 0 Å². The van der Waals surface area contributed by atoms with Crippen LogP contribution < -0.4 is 5.43 Å². The normalized spacial score (nSPS) is 14.1. The van der Waals surface area contributed by atoms with Gasteiger partial charge in [0.25, 0.3) is 0 Å². The van der Waals surface area contributed by atoms with E-state index in [1.165, 1.54) is 6.42 Å². The average molecular weight is 275 g/mol. The molecule has 4 rings (SSSR count). The molecule has 1 aliphatic carbocycles. The standard InChI is InChI=1S/C19H17NO/c21-19-15-9-4-5-12-17(15)20-18-14(10-6-11-16(18)19)13-7-2-1-3-8-13/h1-3,6-8,10-11H,4-5,9,12H2,(H,20,21). The lowest BCUT2D eigenvalue weighted by Gasteiger charge is -2.17. The molecule has 0 unspecified atom stereocenters. The fourth-order valence-corrected chi connectivity index (χ4v) is 3.34. The van der Waals surface area contributed by atoms with Crippen molar-refractivity contribution in [2.24, 2.45) is 0 Å². The predicted octanol–water partition coefficient (Wildman–Crippen LogP) is 4.07. The summed E-state index contributed by atoms with van der Waals surface area (Å²) in [6.45, 7) is 0. The molecular formula is C19H17NO. The first-order valence-corrected chi connectivity index (χ1v) is 7.57. The van der Waals surface area contributed by atoms with E-state index in [-0.39, 0.29) is 5.43 Å². The first-order chi connectivity index (χ1) is 10.3. The molecule has 104 valence electrons. The summed E-state index contributed by atoms with van der Waals surface area (Å²) in [5, 5.41) is 0.817. The molecule has 1 aromatic heterocycles. The summed E-state index contributed by atoms with van der Waals surface area (Å²) in [5.74, 6) is 0. The van der Waals surface area contributed by atoms with E-state index >= 15 is 0 Å². The number of nitrogens with one attached hydrogen (secondary N) is 1. The van der Waals surface area contributed by atoms with Crippen LogP contribution in [0.5, 0.6) is 0 Å². The van der Waals surface area contributed by atoms with Crippen molar-refractivity contribution in [1.82, 2.24) is 4.98 Å². The number of hydrogen-bond donors (Lipinski definition) is 1. The quantitative estimate of drug-likeness (QED) is 0.713. The minimum Gasteiger partial charge on any atom is -0.357 e. The van der Waals surface area contributed by atoms with Gasteiger partial charge in [-0.3, -0.25) is 4.79 Å². The highest BCUT2D eigenvalue weighted by molar-refractivity contribution is 5.94. The molecule has 0 aliphatic heterocycles. The van der Waals surface area contributed by atoms with Crippen LogP contribution in [0.3, 0.4) is 0 Å². The Kier molecular flexibility index (Phi) is 2.88. The van der Waals surface area contributed by atoms with Gasteiger partial charge in [0, 0.05) is 22.2 Å². The molecule has 0 atom stereocenters. The molecule has 0 amide bonds. The maximum atomic E-state index is 12.7. The second-order valence-electron chi connectivity index (χ2n) is 5.71. The molecule has 1 aliphatic rings. The first kappa shape index (κ1) is 12.4. The lowest BCUT2D eigenvalue weighted by molar-refractivity contribution is 0.668. The van der Waals surface area contributed by atoms with E-state index in [2.05, 4.69) is 23.2 Å². The van der Waals surface area contributed by atoms with E-state index in [0.717, 1.165) is 52.5 Å². The van der Waals surface area contributed by atoms with Crippen molar-refractivity contribution in [3.8, 4) is 11.1 Å². The van der Waals surface area contributed by atoms with Gasteiger partial charge < -0.3 is 4.98 Å². The Bertz CT molecular complexity index is 862. The molecule has 3 aromatic rings. The van der Waals surface area contributed by atoms with Crippen LogP contribution in [0, 0.1) is 0 Å². The average Bonchev–Trinajstić information content (AvgIpc) is 2.56. The molecule has 0 fully saturated rings. The number of aryl methyl sites for hydroxylation is 1. The number of hydrogen-bond acceptors (Lipinski definition) is 1. The van der Waals surface area contributed by atoms with E-state index in [1.54, 1.807) is 0 Å². The minimum absolute atomic E-state index is 0.219. The molecular weight excluding hydrogens is 258 g/mol. The maximum Gasteiger partial charge on any atom is 0.192 e. The Morgan fingerprint density at radius 3 is 2.52 bits per heavy atom. The van der Waals surface area contributed by atoms with Crippen molar-refractivity contribution >= 4 is 10.9 Å². The van der Waals surface area contributed by atoms with E-state index < -0.39 is 0 Å². The van der Waals surface area contributed by atoms with Crippen molar-refractivity contribution in [1.29, 1.82) is 0 Å². The topological polar surface area (TPSA) is 32.9 Å². The van der Waals surface area contributed by atoms with Gasteiger partial charge >= 0.3 is 0 Å². The Hall–Kier alpha value is -2.35. The molecule has 0 saturated carbocycles. The fraction of sp³-hybridized carbons (Fsp3) is 0.211. The van der Waals surface area contributed by atoms with Crippen molar-refractivity contribution in [2.75, 3.05) is 0 Å². The smallest absolute Gasteiger partial charge is 0.192 e. The van der Waals surface area contributed by atoms with Crippen LogP contribution in [-0.4, -0.2) is 4.98 Å². The number of fused-ring (bicyclic) bond motifs is 2. The summed E-state index contributed by atoms with van der Waals surface area (Å²) in [6, 6.07) is 16.3. The molecule has 0 bridgehead atoms. The molecule has 1 heterocycles. The highest BCUT2D eigenvalue weighted by Crippen LogP contribution is 2.28. The molecule has 2 aromatic carbocycles. The summed E-state index contributed by atoms with van der Waals surface area (Å²) in [7, 11) is 0. The molecule has 1 N–H and O–H groups in total. The SMILES string of the molecule is O=c1c2c([nH]c3c(-c4ccccc4)cccc13)CCCC2. The van der Waals surface area contributed by atoms with Gasteiger partial charge in [-0.25, -0.2) is 0 Å². The van der Waals surface area contributed by atoms with Gasteiger partial charge in [-0.05, 0) is 37.3 Å². The van der Waals surface area contributed by atoms with Gasteiger partial charge in [-0.1, -0.05) is 42.5 Å². The molecule has 2 heteroatoms. The van der Waals surface area contributed by atoms with E-state index in [9.17, 15) is 4.79 Å². The summed E-state index contributed by atoms with van der Waals surface area (Å²) in [6.07, 6.45) is 4.20. The van der Waals surface area contributed by atoms with Gasteiger partial charge in [0.1, 0.15) is 0 Å². The second-order valence-corrected chi connectivity index (χ2v) is 5.71. The van der Waals surface area contributed by atoms with Crippen LogP contribution >= 0.6 is 0 Å². The molecule has 0 spiro atoms. The number of aromatic amines is 1. The van der Waals surface area contributed by atoms with Crippen LogP contribution in [-0.2, 0) is 12.8 Å². The molecule has 0 saturated heterocycles. The second kappa shape index (κ2) is 4.88. The third-order valence-corrected chi connectivity index (χ3v) is 4.41. The zero-order valence-electron chi connectivity index (χ0n) is 11.9. The number of rotatable bonds is 1. The molecule has 21 heavy (non-hydrogen) atoms. The molecule has 2 nitrogen and oxygen atoms in total. The van der Waals surface area contributed by atoms with Crippen molar-refractivity contribution < 1.29 is 0 Å². The molecule has 0 radical (unpaired) electrons. The summed E-state index contributed by atoms with van der Waals surface area (Å²) in [4.78, 5) is 16.3. The zero-order chi connectivity index (χ0) is 14.2. The van der Waals surface area contributed by atoms with Gasteiger partial charge in [0.15, 0.2) is 5.43 Å². The van der Waals surface area contributed by atoms with E-state index in [0.29, 0.717) is 0 Å². The first-order valence-electron chi connectivity index (χ1n) is 7.57. The summed E-state index contributed by atoms with van der Waals surface area (Å²) < 4.78 is 0. The number of para-hydroxylation sites is 1. The highest BCUT2D eigenvalue weighted by atomic mass is 16.1. The van der Waals surface area contributed by atoms with Crippen molar-refractivity contribution in [3.05, 3.63) is 70.0 Å². The minimum atomic E-state index is 0.219. The van der Waals surface area contributed by atoms with Crippen molar-refractivity contribution in [2.45, 2.75) is 25.7 Å². The Morgan fingerprint density at radius 2 is 1.67 bits per heavy atom. The Morgan fingerprint density at radius 1 is 0.857 bits per heavy atom. The van der Waals surface area contributed by atoms with Crippen LogP contribution in [0.25, 0.3) is 22.0 Å². The van der Waals surface area contributed by atoms with Gasteiger partial charge in [0.2, 0.25) is 0 Å². The van der Waals surface area contributed by atoms with Crippen LogP contribution in [0.2, 0.25) is 0 Å². The third kappa shape index (κ3) is 1.99. The van der Waals surface area contributed by atoms with Crippen molar-refractivity contribution in [3.63, 3.8) is 0 Å². The van der Waals surface area contributed by atoms with Gasteiger partial charge in [0.05, 0.1) is 5.52 Å². The fourth-order valence-electron chi connectivity index (χ4n) is 3.34. The summed E-state index contributed by atoms with van der Waals surface area (Å²) in [5.41, 5.74) is 5.60. The van der Waals surface area contributed by atoms with Crippen LogP contribution in [0.15, 0.2) is 53.3 Å². The lowest BCUT2D eigenvalue weighted by Crippen LogP contribution is -2.18. The number of aromatic nitrogens is 1. The highest BCUT2D eigenvalue weighted by Gasteiger charge is 2.17. The third-order valence-electron chi connectivity index (χ3n) is 4.41. The number of H-pyrrole nitrogens is 1. The van der Waals surface area contributed by atoms with E-state index in [4.69, 9.17) is 0 Å². The monoisotopic (exact) mass is 275 g/mol. The van der Waals surface area contributed by atoms with Crippen LogP contribution in [0.4, 0.5) is 0 Å². The Labute approximate surface area is 123 Å². The number of benzene rings is 2. The van der Waals surface area contributed by atoms with Crippen LogP contribution in [0.1, 0.15) is 24.1 Å². The summed E-state index contributed by atoms with van der Waals surface area (Å²) >= 11 is 0. The van der Waals surface area contributed by atoms with E-state index in [1.807, 2.05) is 30.3 Å². The Balaban J connectivity index is 2.06.